The Labute approximate surface area is 113 Å². The second kappa shape index (κ2) is 4.32. The smallest absolute Gasteiger partial charge is 0.170 e. The molecule has 1 aromatic carbocycles. The summed E-state index contributed by atoms with van der Waals surface area (Å²) in [6, 6.07) is 3.95. The van der Waals surface area contributed by atoms with Crippen LogP contribution < -0.4 is 10.6 Å². The molecule has 1 spiro atoms. The molecule has 1 saturated heterocycles. The zero-order chi connectivity index (χ0) is 13.6. The van der Waals surface area contributed by atoms with Gasteiger partial charge in [-0.15, -0.1) is 0 Å². The van der Waals surface area contributed by atoms with Gasteiger partial charge in [-0.05, 0) is 37.1 Å². The lowest BCUT2D eigenvalue weighted by molar-refractivity contribution is -0.00924. The lowest BCUT2D eigenvalue weighted by Crippen LogP contribution is -2.52. The maximum atomic E-state index is 12.4. The van der Waals surface area contributed by atoms with Crippen molar-refractivity contribution in [1.29, 1.82) is 0 Å². The van der Waals surface area contributed by atoms with Crippen LogP contribution in [0.15, 0.2) is 12.1 Å². The van der Waals surface area contributed by atoms with Crippen LogP contribution in [-0.4, -0.2) is 29.5 Å². The third kappa shape index (κ3) is 2.15. The number of ether oxygens (including phenoxy) is 1. The van der Waals surface area contributed by atoms with Gasteiger partial charge < -0.3 is 4.74 Å². The summed E-state index contributed by atoms with van der Waals surface area (Å²) in [5.74, 6) is 6.75. The first kappa shape index (κ1) is 12.6. The minimum atomic E-state index is -0.332. The summed E-state index contributed by atoms with van der Waals surface area (Å²) in [6.07, 6.45) is 2.12. The monoisotopic (exact) mass is 260 g/mol. The van der Waals surface area contributed by atoms with E-state index in [9.17, 15) is 4.79 Å². The average molecular weight is 260 g/mol. The Bertz CT molecular complexity index is 531. The molecule has 2 heterocycles. The zero-order valence-electron chi connectivity index (χ0n) is 11.5. The topological polar surface area (TPSA) is 55.6 Å². The van der Waals surface area contributed by atoms with Crippen molar-refractivity contribution >= 4 is 5.78 Å². The molecular weight excluding hydrogens is 240 g/mol. The molecule has 0 saturated carbocycles. The third-order valence-corrected chi connectivity index (χ3v) is 4.41. The molecule has 0 bridgehead atoms. The largest absolute Gasteiger partial charge is 0.486 e. The number of carbonyl (C=O) groups excluding carboxylic acids is 1. The fraction of sp³-hybridized carbons (Fsp3) is 0.533. The van der Waals surface area contributed by atoms with Crippen LogP contribution in [0.1, 0.15) is 40.7 Å². The van der Waals surface area contributed by atoms with E-state index in [0.29, 0.717) is 6.42 Å². The maximum absolute atomic E-state index is 12.4. The number of hydrogen-bond acceptors (Lipinski definition) is 4. The Morgan fingerprint density at radius 1 is 1.21 bits per heavy atom. The molecule has 19 heavy (non-hydrogen) atoms. The van der Waals surface area contributed by atoms with Gasteiger partial charge in [0.25, 0.3) is 0 Å². The predicted molar refractivity (Wildman–Crippen MR) is 73.2 cm³/mol. The minimum Gasteiger partial charge on any atom is -0.486 e. The van der Waals surface area contributed by atoms with E-state index in [4.69, 9.17) is 10.6 Å². The molecule has 102 valence electrons. The van der Waals surface area contributed by atoms with Crippen molar-refractivity contribution in [1.82, 2.24) is 5.01 Å². The number of piperidine rings is 1. The molecule has 0 aromatic heterocycles. The Morgan fingerprint density at radius 3 is 2.53 bits per heavy atom. The molecule has 0 radical (unpaired) electrons. The highest BCUT2D eigenvalue weighted by molar-refractivity contribution is 6.00. The van der Waals surface area contributed by atoms with Gasteiger partial charge in [-0.25, -0.2) is 5.01 Å². The summed E-state index contributed by atoms with van der Waals surface area (Å²) in [4.78, 5) is 12.4. The Kier molecular flexibility index (Phi) is 2.87. The highest BCUT2D eigenvalue weighted by Gasteiger charge is 2.42. The van der Waals surface area contributed by atoms with Crippen LogP contribution in [0.5, 0.6) is 5.75 Å². The van der Waals surface area contributed by atoms with E-state index >= 15 is 0 Å². The number of nitrogens with zero attached hydrogens (tertiary/aromatic N) is 1. The van der Waals surface area contributed by atoms with E-state index in [0.717, 1.165) is 42.8 Å². The molecule has 0 atom stereocenters. The molecule has 4 nitrogen and oxygen atoms in total. The number of hydrazine groups is 1. The molecule has 0 unspecified atom stereocenters. The van der Waals surface area contributed by atoms with E-state index in [1.165, 1.54) is 5.56 Å². The summed E-state index contributed by atoms with van der Waals surface area (Å²) in [5, 5.41) is 1.80. The third-order valence-electron chi connectivity index (χ3n) is 4.41. The first-order chi connectivity index (χ1) is 8.99. The number of hydrogen-bond donors (Lipinski definition) is 1. The summed E-state index contributed by atoms with van der Waals surface area (Å²) in [5.41, 5.74) is 2.72. The van der Waals surface area contributed by atoms with Gasteiger partial charge in [-0.3, -0.25) is 10.6 Å². The van der Waals surface area contributed by atoms with Crippen LogP contribution in [0.4, 0.5) is 0 Å². The van der Waals surface area contributed by atoms with Crippen molar-refractivity contribution in [2.75, 3.05) is 13.1 Å². The van der Waals surface area contributed by atoms with Gasteiger partial charge in [0.2, 0.25) is 0 Å². The van der Waals surface area contributed by atoms with Gasteiger partial charge in [0.05, 0.1) is 12.0 Å². The number of benzene rings is 1. The van der Waals surface area contributed by atoms with Crippen LogP contribution >= 0.6 is 0 Å². The van der Waals surface area contributed by atoms with Crippen LogP contribution in [0.3, 0.4) is 0 Å². The van der Waals surface area contributed by atoms with Crippen molar-refractivity contribution in [3.8, 4) is 5.75 Å². The van der Waals surface area contributed by atoms with Crippen LogP contribution in [0, 0.1) is 13.8 Å². The number of fused-ring (bicyclic) bond motifs is 1. The van der Waals surface area contributed by atoms with Crippen LogP contribution in [0.25, 0.3) is 0 Å². The predicted octanol–water partition coefficient (Wildman–Crippen LogP) is 1.98. The van der Waals surface area contributed by atoms with E-state index < -0.39 is 0 Å². The zero-order valence-corrected chi connectivity index (χ0v) is 11.5. The van der Waals surface area contributed by atoms with Gasteiger partial charge >= 0.3 is 0 Å². The number of rotatable bonds is 0. The fourth-order valence-corrected chi connectivity index (χ4v) is 2.96. The number of carbonyl (C=O) groups is 1. The van der Waals surface area contributed by atoms with Gasteiger partial charge in [-0.1, -0.05) is 0 Å². The fourth-order valence-electron chi connectivity index (χ4n) is 2.96. The Hall–Kier alpha value is -1.39. The Morgan fingerprint density at radius 2 is 1.84 bits per heavy atom. The lowest BCUT2D eigenvalue weighted by Gasteiger charge is -2.43. The maximum Gasteiger partial charge on any atom is 0.170 e. The standard InChI is InChI=1S/C15H20N2O2/c1-10-7-12-13(18)9-15(3-5-17(16)6-4-15)19-14(12)8-11(10)2/h7-8H,3-6,9,16H2,1-2H3. The summed E-state index contributed by atoms with van der Waals surface area (Å²) >= 11 is 0. The second-order valence-corrected chi connectivity index (χ2v) is 5.85. The van der Waals surface area contributed by atoms with Crippen molar-refractivity contribution in [2.24, 2.45) is 5.84 Å². The summed E-state index contributed by atoms with van der Waals surface area (Å²) < 4.78 is 6.21. The molecule has 4 heteroatoms. The van der Waals surface area contributed by atoms with Crippen LogP contribution in [-0.2, 0) is 0 Å². The second-order valence-electron chi connectivity index (χ2n) is 5.85. The number of aryl methyl sites for hydroxylation is 2. The van der Waals surface area contributed by atoms with Gasteiger partial charge in [0.15, 0.2) is 5.78 Å². The molecule has 0 aliphatic carbocycles. The quantitative estimate of drug-likeness (QED) is 0.725. The molecular formula is C15H20N2O2. The lowest BCUT2D eigenvalue weighted by atomic mass is 9.82. The molecule has 3 rings (SSSR count). The molecule has 2 N–H and O–H groups in total. The minimum absolute atomic E-state index is 0.204. The van der Waals surface area contributed by atoms with Crippen molar-refractivity contribution in [3.63, 3.8) is 0 Å². The van der Waals surface area contributed by atoms with E-state index in [-0.39, 0.29) is 11.4 Å². The van der Waals surface area contributed by atoms with Crippen molar-refractivity contribution in [2.45, 2.75) is 38.7 Å². The summed E-state index contributed by atoms with van der Waals surface area (Å²) in [6.45, 7) is 5.65. The van der Waals surface area contributed by atoms with E-state index in [1.54, 1.807) is 5.01 Å². The van der Waals surface area contributed by atoms with Crippen molar-refractivity contribution < 1.29 is 9.53 Å². The van der Waals surface area contributed by atoms with E-state index in [1.807, 2.05) is 26.0 Å². The Balaban J connectivity index is 1.95. The molecule has 1 fully saturated rings. The highest BCUT2D eigenvalue weighted by atomic mass is 16.5. The van der Waals surface area contributed by atoms with Crippen LogP contribution in [0.2, 0.25) is 0 Å². The van der Waals surface area contributed by atoms with E-state index in [2.05, 4.69) is 0 Å². The van der Waals surface area contributed by atoms with Crippen molar-refractivity contribution in [3.05, 3.63) is 28.8 Å². The van der Waals surface area contributed by atoms with Gasteiger partial charge in [0.1, 0.15) is 11.4 Å². The normalized spacial score (nSPS) is 22.2. The number of nitrogens with two attached hydrogens (primary N) is 1. The SMILES string of the molecule is Cc1cc2c(cc1C)C(=O)CC1(CCN(N)CC1)O2. The molecule has 0 amide bonds. The first-order valence-electron chi connectivity index (χ1n) is 6.82. The highest BCUT2D eigenvalue weighted by Crippen LogP contribution is 2.39. The van der Waals surface area contributed by atoms with Gasteiger partial charge in [-0.2, -0.15) is 0 Å². The van der Waals surface area contributed by atoms with Gasteiger partial charge in [0, 0.05) is 25.9 Å². The molecule has 2 aliphatic rings. The average Bonchev–Trinajstić information content (AvgIpc) is 2.36. The summed E-state index contributed by atoms with van der Waals surface area (Å²) in [7, 11) is 0. The number of ketones is 1. The molecule has 2 aliphatic heterocycles. The first-order valence-corrected chi connectivity index (χ1v) is 6.82. The number of Topliss-reactive ketones (excluding diaryl/α,β-unsaturated/α-hetero) is 1. The molecule has 1 aromatic rings.